The summed E-state index contributed by atoms with van der Waals surface area (Å²) in [7, 11) is -1.71. The van der Waals surface area contributed by atoms with Crippen molar-refractivity contribution in [2.45, 2.75) is 62.4 Å². The maximum Gasteiger partial charge on any atom is 0.339 e. The van der Waals surface area contributed by atoms with Gasteiger partial charge in [0.1, 0.15) is 10.6 Å². The van der Waals surface area contributed by atoms with Gasteiger partial charge >= 0.3 is 10.1 Å². The van der Waals surface area contributed by atoms with E-state index >= 15 is 0 Å². The van der Waals surface area contributed by atoms with Crippen LogP contribution in [0.25, 0.3) is 0 Å². The van der Waals surface area contributed by atoms with Gasteiger partial charge in [0, 0.05) is 24.1 Å². The number of carbonyl (C=O) groups is 1. The van der Waals surface area contributed by atoms with Crippen LogP contribution in [0.2, 0.25) is 0 Å². The fourth-order valence-corrected chi connectivity index (χ4v) is 5.70. The second kappa shape index (κ2) is 11.2. The summed E-state index contributed by atoms with van der Waals surface area (Å²) < 4.78 is 30.3. The van der Waals surface area contributed by atoms with Crippen LogP contribution in [0.3, 0.4) is 0 Å². The average Bonchev–Trinajstić information content (AvgIpc) is 2.86. The monoisotopic (exact) mass is 491 g/mol. The molecular formula is C29H33NO4S. The average molecular weight is 492 g/mol. The van der Waals surface area contributed by atoms with Gasteiger partial charge < -0.3 is 9.08 Å². The van der Waals surface area contributed by atoms with Crippen LogP contribution in [-0.2, 0) is 16.5 Å². The molecule has 4 rings (SSSR count). The SMILES string of the molecule is Cc1ccc(S(=O)(=O)Oc2ccc(CC[C@@H]3CCC[C@H](CC(=O)c4ccccc4)N3C)cc2)cc1. The van der Waals surface area contributed by atoms with Gasteiger partial charge in [-0.3, -0.25) is 4.79 Å². The largest absolute Gasteiger partial charge is 0.379 e. The standard InChI is InChI=1S/C29H33NO4S/c1-22-11-19-28(20-12-22)35(32,33)34-27-17-14-23(15-18-27)13-16-25-9-6-10-26(30(25)2)21-29(31)24-7-4-3-5-8-24/h3-5,7-8,11-12,14-15,17-20,25-26H,6,9-10,13,16,21H2,1-2H3/t25-,26+/m0/s1. The highest BCUT2D eigenvalue weighted by molar-refractivity contribution is 7.87. The van der Waals surface area contributed by atoms with Crippen LogP contribution in [0.1, 0.15) is 53.6 Å². The minimum Gasteiger partial charge on any atom is -0.379 e. The Hall–Kier alpha value is -2.96. The molecule has 0 aromatic heterocycles. The zero-order valence-corrected chi connectivity index (χ0v) is 21.2. The Kier molecular flexibility index (Phi) is 8.04. The maximum absolute atomic E-state index is 12.7. The summed E-state index contributed by atoms with van der Waals surface area (Å²) in [5.41, 5.74) is 2.92. The molecule has 6 heteroatoms. The van der Waals surface area contributed by atoms with E-state index in [1.165, 1.54) is 0 Å². The summed E-state index contributed by atoms with van der Waals surface area (Å²) in [4.78, 5) is 15.2. The molecule has 0 unspecified atom stereocenters. The molecule has 3 aromatic carbocycles. The number of hydrogen-bond acceptors (Lipinski definition) is 5. The maximum atomic E-state index is 12.7. The van der Waals surface area contributed by atoms with Gasteiger partial charge in [-0.2, -0.15) is 8.42 Å². The Balaban J connectivity index is 1.31. The number of likely N-dealkylation sites (tertiary alicyclic amines) is 1. The topological polar surface area (TPSA) is 63.7 Å². The quantitative estimate of drug-likeness (QED) is 0.279. The molecule has 184 valence electrons. The van der Waals surface area contributed by atoms with Gasteiger partial charge in [0.25, 0.3) is 0 Å². The van der Waals surface area contributed by atoms with Crippen LogP contribution in [0.15, 0.2) is 83.8 Å². The normalized spacial score (nSPS) is 18.8. The van der Waals surface area contributed by atoms with Crippen LogP contribution in [0, 0.1) is 6.92 Å². The summed E-state index contributed by atoms with van der Waals surface area (Å²) in [5.74, 6) is 0.517. The molecule has 0 aliphatic carbocycles. The predicted molar refractivity (Wildman–Crippen MR) is 138 cm³/mol. The highest BCUT2D eigenvalue weighted by Gasteiger charge is 2.29. The van der Waals surface area contributed by atoms with Crippen molar-refractivity contribution in [3.8, 4) is 5.75 Å². The Morgan fingerprint density at radius 3 is 2.26 bits per heavy atom. The molecule has 2 atom stereocenters. The lowest BCUT2D eigenvalue weighted by molar-refractivity contribution is 0.0786. The Morgan fingerprint density at radius 2 is 1.57 bits per heavy atom. The molecule has 0 saturated carbocycles. The van der Waals surface area contributed by atoms with Gasteiger partial charge in [0.05, 0.1) is 0 Å². The first-order valence-corrected chi connectivity index (χ1v) is 13.6. The second-order valence-electron chi connectivity index (χ2n) is 9.43. The van der Waals surface area contributed by atoms with Crippen LogP contribution in [-0.4, -0.2) is 38.2 Å². The van der Waals surface area contributed by atoms with E-state index < -0.39 is 10.1 Å². The molecule has 1 saturated heterocycles. The van der Waals surface area contributed by atoms with E-state index in [4.69, 9.17) is 4.18 Å². The van der Waals surface area contributed by atoms with Gasteiger partial charge in [-0.25, -0.2) is 0 Å². The predicted octanol–water partition coefficient (Wildman–Crippen LogP) is 5.82. The molecule has 35 heavy (non-hydrogen) atoms. The number of nitrogens with zero attached hydrogens (tertiary/aromatic N) is 1. The van der Waals surface area contributed by atoms with Crippen molar-refractivity contribution in [3.63, 3.8) is 0 Å². The molecule has 1 fully saturated rings. The van der Waals surface area contributed by atoms with Crippen molar-refractivity contribution in [1.29, 1.82) is 0 Å². The Labute approximate surface area is 208 Å². The van der Waals surface area contributed by atoms with Gasteiger partial charge in [-0.15, -0.1) is 0 Å². The lowest BCUT2D eigenvalue weighted by atomic mass is 9.89. The van der Waals surface area contributed by atoms with Crippen molar-refractivity contribution in [1.82, 2.24) is 4.90 Å². The fraction of sp³-hybridized carbons (Fsp3) is 0.345. The number of rotatable bonds is 9. The summed E-state index contributed by atoms with van der Waals surface area (Å²) in [5, 5.41) is 0. The zero-order valence-electron chi connectivity index (χ0n) is 20.4. The summed E-state index contributed by atoms with van der Waals surface area (Å²) >= 11 is 0. The van der Waals surface area contributed by atoms with Crippen molar-refractivity contribution in [2.24, 2.45) is 0 Å². The molecule has 1 aliphatic heterocycles. The minimum absolute atomic E-state index is 0.146. The van der Waals surface area contributed by atoms with Gasteiger partial charge in [-0.05, 0) is 69.5 Å². The molecule has 1 heterocycles. The van der Waals surface area contributed by atoms with E-state index in [1.807, 2.05) is 49.4 Å². The highest BCUT2D eigenvalue weighted by Crippen LogP contribution is 2.28. The Bertz CT molecular complexity index is 1220. The van der Waals surface area contributed by atoms with E-state index in [1.54, 1.807) is 36.4 Å². The number of benzene rings is 3. The number of piperidine rings is 1. The number of aryl methyl sites for hydroxylation is 2. The molecule has 3 aromatic rings. The van der Waals surface area contributed by atoms with Crippen LogP contribution in [0.5, 0.6) is 5.75 Å². The molecule has 0 spiro atoms. The summed E-state index contributed by atoms with van der Waals surface area (Å²) in [6.07, 6.45) is 5.74. The zero-order chi connectivity index (χ0) is 24.8. The number of ketones is 1. The van der Waals surface area contributed by atoms with Crippen LogP contribution in [0.4, 0.5) is 0 Å². The molecular weight excluding hydrogens is 458 g/mol. The molecule has 0 amide bonds. The fourth-order valence-electron chi connectivity index (χ4n) is 4.77. The van der Waals surface area contributed by atoms with E-state index in [0.717, 1.165) is 48.8 Å². The first-order valence-electron chi connectivity index (χ1n) is 12.2. The molecule has 5 nitrogen and oxygen atoms in total. The third kappa shape index (κ3) is 6.59. The third-order valence-corrected chi connectivity index (χ3v) is 8.21. The number of Topliss-reactive ketones (excluding diaryl/α,β-unsaturated/α-hetero) is 1. The van der Waals surface area contributed by atoms with Crippen LogP contribution >= 0.6 is 0 Å². The highest BCUT2D eigenvalue weighted by atomic mass is 32.2. The lowest BCUT2D eigenvalue weighted by Crippen LogP contribution is -2.45. The number of carbonyl (C=O) groups excluding carboxylic acids is 1. The Morgan fingerprint density at radius 1 is 0.914 bits per heavy atom. The molecule has 1 aliphatic rings. The first kappa shape index (κ1) is 25.1. The third-order valence-electron chi connectivity index (χ3n) is 6.95. The van der Waals surface area contributed by atoms with E-state index in [-0.39, 0.29) is 16.7 Å². The summed E-state index contributed by atoms with van der Waals surface area (Å²) in [6, 6.07) is 24.1. The smallest absolute Gasteiger partial charge is 0.339 e. The first-order chi connectivity index (χ1) is 16.8. The van der Waals surface area contributed by atoms with Gasteiger partial charge in [0.15, 0.2) is 5.78 Å². The van der Waals surface area contributed by atoms with Crippen molar-refractivity contribution < 1.29 is 17.4 Å². The molecule has 0 N–H and O–H groups in total. The lowest BCUT2D eigenvalue weighted by Gasteiger charge is -2.39. The minimum atomic E-state index is -3.85. The van der Waals surface area contributed by atoms with E-state index in [0.29, 0.717) is 18.2 Å². The van der Waals surface area contributed by atoms with E-state index in [9.17, 15) is 13.2 Å². The van der Waals surface area contributed by atoms with Crippen LogP contribution < -0.4 is 4.18 Å². The van der Waals surface area contributed by atoms with Crippen molar-refractivity contribution in [3.05, 3.63) is 95.6 Å². The number of hydrogen-bond donors (Lipinski definition) is 0. The second-order valence-corrected chi connectivity index (χ2v) is 11.0. The molecule has 0 radical (unpaired) electrons. The van der Waals surface area contributed by atoms with E-state index in [2.05, 4.69) is 11.9 Å². The molecule has 0 bridgehead atoms. The van der Waals surface area contributed by atoms with Crippen molar-refractivity contribution in [2.75, 3.05) is 7.05 Å². The summed E-state index contributed by atoms with van der Waals surface area (Å²) in [6.45, 7) is 1.91. The van der Waals surface area contributed by atoms with Crippen molar-refractivity contribution >= 4 is 15.9 Å². The van der Waals surface area contributed by atoms with Gasteiger partial charge in [-0.1, -0.05) is 66.6 Å². The van der Waals surface area contributed by atoms with Gasteiger partial charge in [0.2, 0.25) is 0 Å².